The van der Waals surface area contributed by atoms with E-state index in [4.69, 9.17) is 17.4 Å². The Balaban J connectivity index is 2.11. The lowest BCUT2D eigenvalue weighted by atomic mass is 9.96. The van der Waals surface area contributed by atoms with E-state index >= 15 is 0 Å². The summed E-state index contributed by atoms with van der Waals surface area (Å²) in [5.41, 5.74) is 3.76. The van der Waals surface area contributed by atoms with Crippen LogP contribution in [-0.4, -0.2) is 23.9 Å². The van der Waals surface area contributed by atoms with Crippen LogP contribution in [-0.2, 0) is 0 Å². The van der Waals surface area contributed by atoms with Crippen molar-refractivity contribution in [2.75, 3.05) is 18.5 Å². The Morgan fingerprint density at radius 2 is 2.24 bits per heavy atom. The van der Waals surface area contributed by atoms with Gasteiger partial charge in [-0.3, -0.25) is 10.6 Å². The van der Waals surface area contributed by atoms with Crippen LogP contribution < -0.4 is 11.3 Å². The zero-order chi connectivity index (χ0) is 15.2. The fraction of sp³-hybridized carbons (Fsp3) is 0.562. The van der Waals surface area contributed by atoms with E-state index in [1.165, 1.54) is 19.3 Å². The number of likely N-dealkylation sites (tertiary alicyclic amines) is 1. The van der Waals surface area contributed by atoms with Crippen molar-refractivity contribution in [2.45, 2.75) is 39.0 Å². The number of nitrogens with one attached hydrogen (secondary N) is 1. The van der Waals surface area contributed by atoms with Crippen molar-refractivity contribution in [3.05, 3.63) is 28.8 Å². The van der Waals surface area contributed by atoms with Crippen LogP contribution >= 0.6 is 11.6 Å². The van der Waals surface area contributed by atoms with Gasteiger partial charge in [0, 0.05) is 18.1 Å². The standard InChI is InChI=1S/C16H24ClN3O/c1-2-4-12-5-3-9-20(10-8-12)16(21)14-11-13(17)6-7-15(14)19-18/h6-7,11-12,19H,2-5,8-10,18H2,1H3. The van der Waals surface area contributed by atoms with E-state index in [-0.39, 0.29) is 5.91 Å². The quantitative estimate of drug-likeness (QED) is 0.659. The summed E-state index contributed by atoms with van der Waals surface area (Å²) in [7, 11) is 0. The third-order valence-electron chi connectivity index (χ3n) is 4.20. The molecule has 3 N–H and O–H groups in total. The molecule has 0 radical (unpaired) electrons. The summed E-state index contributed by atoms with van der Waals surface area (Å²) in [5.74, 6) is 6.26. The Labute approximate surface area is 131 Å². The number of rotatable bonds is 4. The molecule has 0 bridgehead atoms. The van der Waals surface area contributed by atoms with Crippen LogP contribution in [0.1, 0.15) is 49.4 Å². The molecule has 1 saturated heterocycles. The maximum Gasteiger partial charge on any atom is 0.256 e. The van der Waals surface area contributed by atoms with Crippen molar-refractivity contribution in [2.24, 2.45) is 11.8 Å². The highest BCUT2D eigenvalue weighted by Crippen LogP contribution is 2.25. The summed E-state index contributed by atoms with van der Waals surface area (Å²) in [6.45, 7) is 3.86. The Morgan fingerprint density at radius 3 is 2.95 bits per heavy atom. The summed E-state index contributed by atoms with van der Waals surface area (Å²) < 4.78 is 0. The number of nitrogens with two attached hydrogens (primary N) is 1. The minimum Gasteiger partial charge on any atom is -0.339 e. The molecule has 0 aliphatic carbocycles. The van der Waals surface area contributed by atoms with Crippen molar-refractivity contribution in [3.8, 4) is 0 Å². The Bertz CT molecular complexity index is 492. The van der Waals surface area contributed by atoms with E-state index in [0.29, 0.717) is 16.3 Å². The van der Waals surface area contributed by atoms with Gasteiger partial charge in [0.25, 0.3) is 5.91 Å². The molecule has 116 valence electrons. The molecule has 1 fully saturated rings. The van der Waals surface area contributed by atoms with E-state index in [2.05, 4.69) is 12.3 Å². The van der Waals surface area contributed by atoms with Crippen LogP contribution in [0.3, 0.4) is 0 Å². The van der Waals surface area contributed by atoms with Gasteiger partial charge in [0.2, 0.25) is 0 Å². The molecule has 5 heteroatoms. The average molecular weight is 310 g/mol. The molecule has 1 aromatic rings. The fourth-order valence-electron chi connectivity index (χ4n) is 3.06. The number of nitrogens with zero attached hydrogens (tertiary/aromatic N) is 1. The molecule has 0 spiro atoms. The molecule has 1 atom stereocenters. The van der Waals surface area contributed by atoms with Gasteiger partial charge < -0.3 is 10.3 Å². The summed E-state index contributed by atoms with van der Waals surface area (Å²) in [6, 6.07) is 5.16. The van der Waals surface area contributed by atoms with Gasteiger partial charge in [-0.15, -0.1) is 0 Å². The Hall–Kier alpha value is -1.26. The molecule has 0 aromatic heterocycles. The van der Waals surface area contributed by atoms with Crippen molar-refractivity contribution in [3.63, 3.8) is 0 Å². The number of hydrogen-bond donors (Lipinski definition) is 2. The largest absolute Gasteiger partial charge is 0.339 e. The Kier molecular flexibility index (Phi) is 5.88. The highest BCUT2D eigenvalue weighted by molar-refractivity contribution is 6.31. The SMILES string of the molecule is CCCC1CCCN(C(=O)c2cc(Cl)ccc2NN)CC1. The van der Waals surface area contributed by atoms with E-state index in [1.807, 2.05) is 4.90 Å². The van der Waals surface area contributed by atoms with Gasteiger partial charge in [-0.2, -0.15) is 0 Å². The third-order valence-corrected chi connectivity index (χ3v) is 4.43. The van der Waals surface area contributed by atoms with Crippen LogP contribution in [0.2, 0.25) is 5.02 Å². The van der Waals surface area contributed by atoms with Gasteiger partial charge in [-0.25, -0.2) is 0 Å². The smallest absolute Gasteiger partial charge is 0.256 e. The number of benzene rings is 1. The molecular weight excluding hydrogens is 286 g/mol. The number of hydrazine groups is 1. The number of anilines is 1. The van der Waals surface area contributed by atoms with Gasteiger partial charge in [-0.05, 0) is 43.4 Å². The van der Waals surface area contributed by atoms with Crippen LogP contribution in [0.15, 0.2) is 18.2 Å². The first-order chi connectivity index (χ1) is 10.2. The number of nitrogen functional groups attached to an aromatic ring is 1. The Morgan fingerprint density at radius 1 is 1.43 bits per heavy atom. The second kappa shape index (κ2) is 7.66. The number of carbonyl (C=O) groups is 1. The summed E-state index contributed by atoms with van der Waals surface area (Å²) in [5, 5.41) is 0.552. The van der Waals surface area contributed by atoms with Crippen molar-refractivity contribution < 1.29 is 4.79 Å². The molecule has 1 aliphatic rings. The second-order valence-corrected chi connectivity index (χ2v) is 6.15. The van der Waals surface area contributed by atoms with Crippen molar-refractivity contribution in [1.29, 1.82) is 0 Å². The van der Waals surface area contributed by atoms with Crippen LogP contribution in [0.5, 0.6) is 0 Å². The summed E-state index contributed by atoms with van der Waals surface area (Å²) >= 11 is 6.01. The van der Waals surface area contributed by atoms with Crippen LogP contribution in [0.4, 0.5) is 5.69 Å². The monoisotopic (exact) mass is 309 g/mol. The highest BCUT2D eigenvalue weighted by atomic mass is 35.5. The zero-order valence-corrected chi connectivity index (χ0v) is 13.3. The predicted molar refractivity (Wildman–Crippen MR) is 87.4 cm³/mol. The third kappa shape index (κ3) is 4.11. The summed E-state index contributed by atoms with van der Waals surface area (Å²) in [6.07, 6.45) is 5.85. The molecule has 1 amide bonds. The fourth-order valence-corrected chi connectivity index (χ4v) is 3.23. The van der Waals surface area contributed by atoms with E-state index < -0.39 is 0 Å². The lowest BCUT2D eigenvalue weighted by Gasteiger charge is -2.22. The van der Waals surface area contributed by atoms with Gasteiger partial charge in [0.1, 0.15) is 0 Å². The first kappa shape index (κ1) is 16.1. The molecule has 1 aliphatic heterocycles. The maximum absolute atomic E-state index is 12.7. The second-order valence-electron chi connectivity index (χ2n) is 5.71. The molecule has 1 unspecified atom stereocenters. The van der Waals surface area contributed by atoms with Crippen LogP contribution in [0, 0.1) is 5.92 Å². The normalized spacial score (nSPS) is 19.2. The molecule has 1 aromatic carbocycles. The number of carbonyl (C=O) groups excluding carboxylic acids is 1. The molecule has 4 nitrogen and oxygen atoms in total. The van der Waals surface area contributed by atoms with E-state index in [0.717, 1.165) is 31.8 Å². The zero-order valence-electron chi connectivity index (χ0n) is 12.6. The molecular formula is C16H24ClN3O. The lowest BCUT2D eigenvalue weighted by Crippen LogP contribution is -2.32. The maximum atomic E-state index is 12.7. The van der Waals surface area contributed by atoms with Crippen molar-refractivity contribution in [1.82, 2.24) is 4.90 Å². The topological polar surface area (TPSA) is 58.4 Å². The minimum atomic E-state index is 0.0163. The van der Waals surface area contributed by atoms with Crippen molar-refractivity contribution >= 4 is 23.2 Å². The average Bonchev–Trinajstić information content (AvgIpc) is 2.72. The highest BCUT2D eigenvalue weighted by Gasteiger charge is 2.23. The number of hydrogen-bond acceptors (Lipinski definition) is 3. The van der Waals surface area contributed by atoms with Gasteiger partial charge >= 0.3 is 0 Å². The molecule has 0 saturated carbocycles. The van der Waals surface area contributed by atoms with E-state index in [1.54, 1.807) is 18.2 Å². The van der Waals surface area contributed by atoms with Gasteiger partial charge in [-0.1, -0.05) is 31.4 Å². The number of amides is 1. The van der Waals surface area contributed by atoms with Gasteiger partial charge in [0.05, 0.1) is 11.3 Å². The lowest BCUT2D eigenvalue weighted by molar-refractivity contribution is 0.0760. The molecule has 21 heavy (non-hydrogen) atoms. The summed E-state index contributed by atoms with van der Waals surface area (Å²) in [4.78, 5) is 14.7. The predicted octanol–water partition coefficient (Wildman–Crippen LogP) is 3.67. The minimum absolute atomic E-state index is 0.0163. The first-order valence-corrected chi connectivity index (χ1v) is 8.09. The first-order valence-electron chi connectivity index (χ1n) is 7.71. The molecule has 1 heterocycles. The number of halogens is 1. The van der Waals surface area contributed by atoms with E-state index in [9.17, 15) is 4.79 Å². The van der Waals surface area contributed by atoms with Crippen LogP contribution in [0.25, 0.3) is 0 Å². The van der Waals surface area contributed by atoms with Gasteiger partial charge in [0.15, 0.2) is 0 Å². The molecule has 2 rings (SSSR count).